The molecule has 1 atom stereocenters. The summed E-state index contributed by atoms with van der Waals surface area (Å²) in [6, 6.07) is 7.26. The predicted octanol–water partition coefficient (Wildman–Crippen LogP) is 5.51. The predicted molar refractivity (Wildman–Crippen MR) is 111 cm³/mol. The summed E-state index contributed by atoms with van der Waals surface area (Å²) in [7, 11) is 0. The van der Waals surface area contributed by atoms with Crippen LogP contribution >= 0.6 is 0 Å². The van der Waals surface area contributed by atoms with Gasteiger partial charge in [0.05, 0.1) is 5.60 Å². The average molecular weight is 390 g/mol. The molecule has 4 heteroatoms. The highest BCUT2D eigenvalue weighted by atomic mass is 19.1. The van der Waals surface area contributed by atoms with Crippen molar-refractivity contribution in [2.24, 2.45) is 5.41 Å². The maximum atomic E-state index is 13.3. The van der Waals surface area contributed by atoms with Gasteiger partial charge < -0.3 is 9.64 Å². The van der Waals surface area contributed by atoms with Crippen LogP contribution in [0.1, 0.15) is 77.7 Å². The first kappa shape index (κ1) is 21.3. The summed E-state index contributed by atoms with van der Waals surface area (Å²) in [5.41, 5.74) is 1.28. The van der Waals surface area contributed by atoms with Crippen LogP contribution in [0, 0.1) is 11.2 Å². The fourth-order valence-electron chi connectivity index (χ4n) is 5.27. The molecule has 2 fully saturated rings. The molecule has 1 aliphatic carbocycles. The fourth-order valence-corrected chi connectivity index (χ4v) is 5.27. The normalized spacial score (nSPS) is 23.9. The van der Waals surface area contributed by atoms with Gasteiger partial charge in [-0.25, -0.2) is 4.39 Å². The van der Waals surface area contributed by atoms with E-state index < -0.39 is 0 Å². The van der Waals surface area contributed by atoms with Gasteiger partial charge in [-0.1, -0.05) is 31.4 Å². The molecular formula is C24H36FNO2. The van der Waals surface area contributed by atoms with Crippen molar-refractivity contribution in [2.45, 2.75) is 90.2 Å². The van der Waals surface area contributed by atoms with Crippen LogP contribution in [-0.2, 0) is 16.0 Å². The summed E-state index contributed by atoms with van der Waals surface area (Å²) in [6.07, 6.45) is 10.1. The molecule has 0 aromatic heterocycles. The molecule has 0 radical (unpaired) electrons. The number of carbonyl (C=O) groups excluding carboxylic acids is 1. The Labute approximate surface area is 169 Å². The van der Waals surface area contributed by atoms with E-state index in [9.17, 15) is 9.18 Å². The van der Waals surface area contributed by atoms with Crippen molar-refractivity contribution >= 4 is 5.91 Å². The highest BCUT2D eigenvalue weighted by Gasteiger charge is 2.36. The number of ether oxygens (including phenoxy) is 1. The van der Waals surface area contributed by atoms with E-state index in [0.717, 1.165) is 38.8 Å². The van der Waals surface area contributed by atoms with Crippen LogP contribution < -0.4 is 0 Å². The van der Waals surface area contributed by atoms with Crippen molar-refractivity contribution in [3.8, 4) is 0 Å². The van der Waals surface area contributed by atoms with Crippen molar-refractivity contribution in [1.82, 2.24) is 4.90 Å². The number of hydrogen-bond acceptors (Lipinski definition) is 2. The number of carbonyl (C=O) groups is 1. The van der Waals surface area contributed by atoms with Gasteiger partial charge in [0.2, 0.25) is 5.91 Å². The van der Waals surface area contributed by atoms with Crippen LogP contribution in [0.4, 0.5) is 4.39 Å². The maximum Gasteiger partial charge on any atom is 0.219 e. The summed E-state index contributed by atoms with van der Waals surface area (Å²) in [4.78, 5) is 14.6. The van der Waals surface area contributed by atoms with Crippen LogP contribution in [0.15, 0.2) is 24.3 Å². The van der Waals surface area contributed by atoms with Gasteiger partial charge in [-0.3, -0.25) is 4.79 Å². The highest BCUT2D eigenvalue weighted by Crippen LogP contribution is 2.42. The topological polar surface area (TPSA) is 29.5 Å². The minimum Gasteiger partial charge on any atom is -0.375 e. The van der Waals surface area contributed by atoms with Crippen molar-refractivity contribution in [3.05, 3.63) is 35.6 Å². The van der Waals surface area contributed by atoms with Gasteiger partial charge >= 0.3 is 0 Å². The Bertz CT molecular complexity index is 649. The number of nitrogens with zero attached hydrogens (tertiary/aromatic N) is 1. The molecule has 3 nitrogen and oxygen atoms in total. The molecule has 156 valence electrons. The Morgan fingerprint density at radius 2 is 1.86 bits per heavy atom. The summed E-state index contributed by atoms with van der Waals surface area (Å²) >= 11 is 0. The van der Waals surface area contributed by atoms with E-state index in [0.29, 0.717) is 0 Å². The van der Waals surface area contributed by atoms with Crippen LogP contribution in [0.3, 0.4) is 0 Å². The van der Waals surface area contributed by atoms with E-state index in [2.05, 4.69) is 18.7 Å². The number of halogens is 1. The lowest BCUT2D eigenvalue weighted by atomic mass is 9.68. The van der Waals surface area contributed by atoms with Gasteiger partial charge in [-0.05, 0) is 75.5 Å². The van der Waals surface area contributed by atoms with Crippen molar-refractivity contribution in [1.29, 1.82) is 0 Å². The van der Waals surface area contributed by atoms with Gasteiger partial charge in [-0.2, -0.15) is 0 Å². The van der Waals surface area contributed by atoms with Crippen LogP contribution in [0.25, 0.3) is 0 Å². The molecule has 28 heavy (non-hydrogen) atoms. The molecular weight excluding hydrogens is 353 g/mol. The lowest BCUT2D eigenvalue weighted by Crippen LogP contribution is -2.49. The molecule has 0 spiro atoms. The summed E-state index contributed by atoms with van der Waals surface area (Å²) in [6.45, 7) is 7.48. The van der Waals surface area contributed by atoms with Gasteiger partial charge in [-0.15, -0.1) is 0 Å². The Kier molecular flexibility index (Phi) is 6.80. The quantitative estimate of drug-likeness (QED) is 0.641. The summed E-state index contributed by atoms with van der Waals surface area (Å²) < 4.78 is 19.2. The molecule has 1 aromatic rings. The standard InChI is InChI=1S/C24H36FNO2/c1-19(27)26(22-11-16-28-23(2,3)18-22)15-14-24(12-5-4-6-13-24)17-20-7-9-21(25)10-8-20/h7-10,22H,4-6,11-18H2,1-3H3. The third kappa shape index (κ3) is 5.56. The first-order valence-corrected chi connectivity index (χ1v) is 10.9. The smallest absolute Gasteiger partial charge is 0.219 e. The molecule has 0 N–H and O–H groups in total. The lowest BCUT2D eigenvalue weighted by Gasteiger charge is -2.44. The first-order valence-electron chi connectivity index (χ1n) is 10.9. The zero-order valence-corrected chi connectivity index (χ0v) is 17.8. The molecule has 1 aliphatic heterocycles. The van der Waals surface area contributed by atoms with Crippen LogP contribution in [0.5, 0.6) is 0 Å². The fraction of sp³-hybridized carbons (Fsp3) is 0.708. The second-order valence-electron chi connectivity index (χ2n) is 9.58. The molecule has 2 aliphatic rings. The molecule has 1 amide bonds. The van der Waals surface area contributed by atoms with E-state index >= 15 is 0 Å². The largest absolute Gasteiger partial charge is 0.375 e. The minimum absolute atomic E-state index is 0.159. The first-order chi connectivity index (χ1) is 13.3. The zero-order chi connectivity index (χ0) is 20.2. The number of benzene rings is 1. The SMILES string of the molecule is CC(=O)N(CCC1(Cc2ccc(F)cc2)CCCCC1)C1CCOC(C)(C)C1. The lowest BCUT2D eigenvalue weighted by molar-refractivity contribution is -0.138. The number of amides is 1. The number of rotatable bonds is 6. The van der Waals surface area contributed by atoms with E-state index in [4.69, 9.17) is 4.74 Å². The van der Waals surface area contributed by atoms with Gasteiger partial charge in [0.15, 0.2) is 0 Å². The van der Waals surface area contributed by atoms with Crippen molar-refractivity contribution in [3.63, 3.8) is 0 Å². The van der Waals surface area contributed by atoms with Crippen LogP contribution in [-0.4, -0.2) is 35.6 Å². The summed E-state index contributed by atoms with van der Waals surface area (Å²) in [5.74, 6) is 0.00164. The molecule has 0 bridgehead atoms. The molecule has 1 saturated heterocycles. The van der Waals surface area contributed by atoms with E-state index in [1.54, 1.807) is 19.1 Å². The third-order valence-corrected chi connectivity index (χ3v) is 6.81. The molecule has 1 heterocycles. The Morgan fingerprint density at radius 1 is 1.18 bits per heavy atom. The van der Waals surface area contributed by atoms with Crippen molar-refractivity contribution < 1.29 is 13.9 Å². The van der Waals surface area contributed by atoms with E-state index in [-0.39, 0.29) is 28.8 Å². The van der Waals surface area contributed by atoms with E-state index in [1.165, 1.54) is 37.7 Å². The second-order valence-corrected chi connectivity index (χ2v) is 9.58. The molecule has 1 aromatic carbocycles. The second kappa shape index (κ2) is 8.94. The Balaban J connectivity index is 1.70. The molecule has 1 saturated carbocycles. The highest BCUT2D eigenvalue weighted by molar-refractivity contribution is 5.73. The molecule has 1 unspecified atom stereocenters. The maximum absolute atomic E-state index is 13.3. The Hall–Kier alpha value is -1.42. The zero-order valence-electron chi connectivity index (χ0n) is 17.8. The molecule has 3 rings (SSSR count). The third-order valence-electron chi connectivity index (χ3n) is 6.81. The Morgan fingerprint density at radius 3 is 2.46 bits per heavy atom. The van der Waals surface area contributed by atoms with Gasteiger partial charge in [0.1, 0.15) is 5.82 Å². The monoisotopic (exact) mass is 389 g/mol. The number of hydrogen-bond donors (Lipinski definition) is 0. The average Bonchev–Trinajstić information content (AvgIpc) is 2.64. The summed E-state index contributed by atoms with van der Waals surface area (Å²) in [5, 5.41) is 0. The van der Waals surface area contributed by atoms with Crippen molar-refractivity contribution in [2.75, 3.05) is 13.2 Å². The van der Waals surface area contributed by atoms with E-state index in [1.807, 2.05) is 12.1 Å². The van der Waals surface area contributed by atoms with Gasteiger partial charge in [0, 0.05) is 26.1 Å². The minimum atomic E-state index is -0.175. The van der Waals surface area contributed by atoms with Gasteiger partial charge in [0.25, 0.3) is 0 Å². The van der Waals surface area contributed by atoms with Crippen LogP contribution in [0.2, 0.25) is 0 Å².